The molecule has 0 radical (unpaired) electrons. The van der Waals surface area contributed by atoms with Crippen molar-refractivity contribution in [2.24, 2.45) is 0 Å². The fraction of sp³-hybridized carbons (Fsp3) is 0.438. The largest absolute Gasteiger partial charge is 0.478 e. The van der Waals surface area contributed by atoms with E-state index < -0.39 is 5.97 Å². The van der Waals surface area contributed by atoms with Gasteiger partial charge in [0.25, 0.3) is 0 Å². The molecule has 0 saturated heterocycles. The van der Waals surface area contributed by atoms with Gasteiger partial charge >= 0.3 is 5.97 Å². The van der Waals surface area contributed by atoms with Crippen molar-refractivity contribution < 1.29 is 9.90 Å². The summed E-state index contributed by atoms with van der Waals surface area (Å²) >= 11 is 0. The summed E-state index contributed by atoms with van der Waals surface area (Å²) in [5.74, 6) is -0.878. The highest BCUT2D eigenvalue weighted by atomic mass is 16.4. The second kappa shape index (κ2) is 6.98. The Morgan fingerprint density at radius 2 is 1.89 bits per heavy atom. The van der Waals surface area contributed by atoms with Crippen molar-refractivity contribution in [3.8, 4) is 0 Å². The molecular formula is C16H21NO2. The molecule has 19 heavy (non-hydrogen) atoms. The average Bonchev–Trinajstić information content (AvgIpc) is 2.53. The van der Waals surface area contributed by atoms with Gasteiger partial charge in [0.1, 0.15) is 0 Å². The van der Waals surface area contributed by atoms with Gasteiger partial charge in [-0.25, -0.2) is 4.79 Å². The van der Waals surface area contributed by atoms with E-state index in [0.717, 1.165) is 12.1 Å². The van der Waals surface area contributed by atoms with Crippen LogP contribution in [0.1, 0.15) is 48.9 Å². The van der Waals surface area contributed by atoms with E-state index in [4.69, 9.17) is 5.11 Å². The lowest BCUT2D eigenvalue weighted by atomic mass is 10.1. The first-order chi connectivity index (χ1) is 9.25. The number of hydrogen-bond acceptors (Lipinski definition) is 2. The number of rotatable bonds is 3. The lowest BCUT2D eigenvalue weighted by Crippen LogP contribution is -2.18. The molecule has 0 saturated carbocycles. The van der Waals surface area contributed by atoms with E-state index in [1.165, 1.54) is 32.1 Å². The van der Waals surface area contributed by atoms with Gasteiger partial charge in [0, 0.05) is 11.7 Å². The van der Waals surface area contributed by atoms with Crippen LogP contribution in [0.5, 0.6) is 0 Å². The quantitative estimate of drug-likeness (QED) is 0.804. The third kappa shape index (κ3) is 4.43. The standard InChI is InChI=1S/C16H21NO2/c18-16(19)13-9-11-15(12-10-13)17-14-7-5-3-1-2-4-6-8-14/h3,5,9-12,14,17H,1-2,4,6-8H2,(H,18,19)/b5-3-. The predicted octanol–water partition coefficient (Wildman–Crippen LogP) is 4.08. The summed E-state index contributed by atoms with van der Waals surface area (Å²) in [5, 5.41) is 12.4. The summed E-state index contributed by atoms with van der Waals surface area (Å²) in [6.07, 6.45) is 11.8. The number of carboxylic acid groups (broad SMARTS) is 1. The van der Waals surface area contributed by atoms with Crippen LogP contribution in [0.25, 0.3) is 0 Å². The van der Waals surface area contributed by atoms with Gasteiger partial charge in [0.2, 0.25) is 0 Å². The van der Waals surface area contributed by atoms with Gasteiger partial charge in [0.05, 0.1) is 5.56 Å². The Hall–Kier alpha value is -1.77. The number of hydrogen-bond donors (Lipinski definition) is 2. The molecule has 0 aromatic heterocycles. The normalized spacial score (nSPS) is 21.8. The summed E-state index contributed by atoms with van der Waals surface area (Å²) in [4.78, 5) is 10.8. The molecule has 3 heteroatoms. The Balaban J connectivity index is 1.96. The average molecular weight is 259 g/mol. The maximum absolute atomic E-state index is 10.8. The first-order valence-corrected chi connectivity index (χ1v) is 7.00. The van der Waals surface area contributed by atoms with Crippen LogP contribution in [0.2, 0.25) is 0 Å². The van der Waals surface area contributed by atoms with Gasteiger partial charge in [-0.05, 0) is 49.9 Å². The Morgan fingerprint density at radius 1 is 1.11 bits per heavy atom. The van der Waals surface area contributed by atoms with E-state index >= 15 is 0 Å². The van der Waals surface area contributed by atoms with Crippen molar-refractivity contribution in [1.82, 2.24) is 0 Å². The molecule has 1 unspecified atom stereocenters. The molecule has 1 aliphatic carbocycles. The first-order valence-electron chi connectivity index (χ1n) is 7.00. The van der Waals surface area contributed by atoms with Crippen LogP contribution in [-0.4, -0.2) is 17.1 Å². The second-order valence-corrected chi connectivity index (χ2v) is 5.07. The van der Waals surface area contributed by atoms with Gasteiger partial charge in [-0.2, -0.15) is 0 Å². The number of nitrogens with one attached hydrogen (secondary N) is 1. The van der Waals surface area contributed by atoms with Crippen LogP contribution >= 0.6 is 0 Å². The third-order valence-corrected chi connectivity index (χ3v) is 3.51. The van der Waals surface area contributed by atoms with Crippen LogP contribution in [0, 0.1) is 0 Å². The number of carboxylic acids is 1. The molecule has 0 bridgehead atoms. The number of aromatic carboxylic acids is 1. The van der Waals surface area contributed by atoms with Crippen molar-refractivity contribution in [3.63, 3.8) is 0 Å². The van der Waals surface area contributed by atoms with E-state index in [2.05, 4.69) is 17.5 Å². The van der Waals surface area contributed by atoms with Crippen LogP contribution < -0.4 is 5.32 Å². The molecule has 1 atom stereocenters. The zero-order valence-electron chi connectivity index (χ0n) is 11.1. The highest BCUT2D eigenvalue weighted by Crippen LogP contribution is 2.18. The van der Waals surface area contributed by atoms with Crippen LogP contribution in [0.4, 0.5) is 5.69 Å². The maximum Gasteiger partial charge on any atom is 0.335 e. The monoisotopic (exact) mass is 259 g/mol. The van der Waals surface area contributed by atoms with Gasteiger partial charge in [-0.1, -0.05) is 25.0 Å². The van der Waals surface area contributed by atoms with Crippen LogP contribution in [0.3, 0.4) is 0 Å². The minimum absolute atomic E-state index is 0.333. The number of benzene rings is 1. The van der Waals surface area contributed by atoms with Crippen molar-refractivity contribution in [1.29, 1.82) is 0 Å². The number of carbonyl (C=O) groups is 1. The topological polar surface area (TPSA) is 49.3 Å². The van der Waals surface area contributed by atoms with E-state index in [1.54, 1.807) is 12.1 Å². The van der Waals surface area contributed by atoms with Gasteiger partial charge in [0.15, 0.2) is 0 Å². The first kappa shape index (κ1) is 13.7. The summed E-state index contributed by atoms with van der Waals surface area (Å²) in [6.45, 7) is 0. The molecule has 1 aromatic rings. The Bertz CT molecular complexity index is 437. The minimum atomic E-state index is -0.878. The Labute approximate surface area is 114 Å². The van der Waals surface area contributed by atoms with E-state index in [9.17, 15) is 4.79 Å². The van der Waals surface area contributed by atoms with E-state index in [1.807, 2.05) is 12.1 Å². The predicted molar refractivity (Wildman–Crippen MR) is 77.7 cm³/mol. The van der Waals surface area contributed by atoms with Crippen molar-refractivity contribution in [2.45, 2.75) is 44.6 Å². The highest BCUT2D eigenvalue weighted by molar-refractivity contribution is 5.87. The Morgan fingerprint density at radius 3 is 2.63 bits per heavy atom. The summed E-state index contributed by atoms with van der Waals surface area (Å²) in [5.41, 5.74) is 1.34. The lowest BCUT2D eigenvalue weighted by molar-refractivity contribution is 0.0697. The smallest absolute Gasteiger partial charge is 0.335 e. The summed E-state index contributed by atoms with van der Waals surface area (Å²) in [6, 6.07) is 7.44. The van der Waals surface area contributed by atoms with E-state index in [0.29, 0.717) is 11.6 Å². The maximum atomic E-state index is 10.8. The summed E-state index contributed by atoms with van der Waals surface area (Å²) < 4.78 is 0. The van der Waals surface area contributed by atoms with Crippen LogP contribution in [0.15, 0.2) is 36.4 Å². The molecule has 1 aromatic carbocycles. The molecule has 0 aliphatic heterocycles. The molecule has 102 valence electrons. The fourth-order valence-electron chi connectivity index (χ4n) is 2.40. The fourth-order valence-corrected chi connectivity index (χ4v) is 2.40. The third-order valence-electron chi connectivity index (χ3n) is 3.51. The molecule has 2 N–H and O–H groups in total. The lowest BCUT2D eigenvalue weighted by Gasteiger charge is -2.18. The molecule has 2 rings (SSSR count). The number of allylic oxidation sites excluding steroid dienone is 1. The van der Waals surface area contributed by atoms with Gasteiger partial charge < -0.3 is 10.4 Å². The molecule has 0 heterocycles. The molecule has 1 aliphatic rings. The SMILES string of the molecule is O=C(O)c1ccc(NC2C/C=C\CCCCC2)cc1. The van der Waals surface area contributed by atoms with Gasteiger partial charge in [-0.3, -0.25) is 0 Å². The minimum Gasteiger partial charge on any atom is -0.478 e. The van der Waals surface area contributed by atoms with Crippen molar-refractivity contribution in [3.05, 3.63) is 42.0 Å². The molecule has 0 fully saturated rings. The summed E-state index contributed by atoms with van der Waals surface area (Å²) in [7, 11) is 0. The van der Waals surface area contributed by atoms with Crippen molar-refractivity contribution >= 4 is 11.7 Å². The van der Waals surface area contributed by atoms with Crippen molar-refractivity contribution in [2.75, 3.05) is 5.32 Å². The zero-order valence-corrected chi connectivity index (χ0v) is 11.1. The number of anilines is 1. The highest BCUT2D eigenvalue weighted by Gasteiger charge is 2.09. The van der Waals surface area contributed by atoms with Crippen LogP contribution in [-0.2, 0) is 0 Å². The Kier molecular flexibility index (Phi) is 5.01. The molecule has 3 nitrogen and oxygen atoms in total. The molecule has 0 amide bonds. The second-order valence-electron chi connectivity index (χ2n) is 5.07. The van der Waals surface area contributed by atoms with Gasteiger partial charge in [-0.15, -0.1) is 0 Å². The molecule has 0 spiro atoms. The molecular weight excluding hydrogens is 238 g/mol. The van der Waals surface area contributed by atoms with E-state index in [-0.39, 0.29) is 0 Å². The zero-order chi connectivity index (χ0) is 13.5.